The number of aliphatic carboxylic acids is 1. The van der Waals surface area contributed by atoms with Crippen LogP contribution in [0.1, 0.15) is 23.8 Å². The lowest BCUT2D eigenvalue weighted by atomic mass is 10.1. The second-order valence-electron chi connectivity index (χ2n) is 5.04. The molecule has 2 rings (SSSR count). The Labute approximate surface area is 122 Å². The number of hydrogen-bond donors (Lipinski definition) is 1. The standard InChI is InChI=1S/C14H20N2O3S/c1-2-5-15(10-14(18)19)9-13(17)16-6-3-12-11(8-16)4-7-20-12/h4,7H,2-3,5-6,8-10H2,1H3,(H,18,19). The molecule has 1 N–H and O–H groups in total. The molecular weight excluding hydrogens is 276 g/mol. The van der Waals surface area contributed by atoms with Crippen LogP contribution in [0.25, 0.3) is 0 Å². The molecule has 0 saturated heterocycles. The molecular formula is C14H20N2O3S. The van der Waals surface area contributed by atoms with Crippen LogP contribution >= 0.6 is 11.3 Å². The highest BCUT2D eigenvalue weighted by atomic mass is 32.1. The van der Waals surface area contributed by atoms with Gasteiger partial charge in [-0.05, 0) is 36.4 Å². The van der Waals surface area contributed by atoms with Crippen LogP contribution in [-0.2, 0) is 22.6 Å². The molecule has 1 aliphatic heterocycles. The van der Waals surface area contributed by atoms with Crippen molar-refractivity contribution in [2.45, 2.75) is 26.3 Å². The number of nitrogens with zero attached hydrogens (tertiary/aromatic N) is 2. The molecule has 5 nitrogen and oxygen atoms in total. The Kier molecular flexibility index (Phi) is 5.14. The van der Waals surface area contributed by atoms with Gasteiger partial charge in [0.2, 0.25) is 5.91 Å². The molecule has 110 valence electrons. The quantitative estimate of drug-likeness (QED) is 0.862. The third-order valence-electron chi connectivity index (χ3n) is 3.42. The minimum Gasteiger partial charge on any atom is -0.480 e. The monoisotopic (exact) mass is 296 g/mol. The van der Waals surface area contributed by atoms with E-state index in [4.69, 9.17) is 5.11 Å². The van der Waals surface area contributed by atoms with Crippen molar-refractivity contribution in [2.75, 3.05) is 26.2 Å². The molecule has 0 radical (unpaired) electrons. The fraction of sp³-hybridized carbons (Fsp3) is 0.571. The Morgan fingerprint density at radius 1 is 1.45 bits per heavy atom. The van der Waals surface area contributed by atoms with Crippen molar-refractivity contribution in [1.29, 1.82) is 0 Å². The second-order valence-corrected chi connectivity index (χ2v) is 6.04. The first-order valence-corrected chi connectivity index (χ1v) is 7.75. The number of thiophene rings is 1. The predicted molar refractivity (Wildman–Crippen MR) is 77.8 cm³/mol. The summed E-state index contributed by atoms with van der Waals surface area (Å²) < 4.78 is 0. The Hall–Kier alpha value is -1.40. The lowest BCUT2D eigenvalue weighted by Crippen LogP contribution is -2.44. The molecule has 20 heavy (non-hydrogen) atoms. The van der Waals surface area contributed by atoms with E-state index in [0.29, 0.717) is 13.1 Å². The fourth-order valence-corrected chi connectivity index (χ4v) is 3.36. The van der Waals surface area contributed by atoms with E-state index in [-0.39, 0.29) is 19.0 Å². The zero-order valence-corrected chi connectivity index (χ0v) is 12.5. The highest BCUT2D eigenvalue weighted by Crippen LogP contribution is 2.24. The van der Waals surface area contributed by atoms with Crippen molar-refractivity contribution in [3.8, 4) is 0 Å². The van der Waals surface area contributed by atoms with Crippen molar-refractivity contribution in [2.24, 2.45) is 0 Å². The SMILES string of the molecule is CCCN(CC(=O)O)CC(=O)N1CCc2sccc2C1. The molecule has 0 aliphatic carbocycles. The third-order valence-corrected chi connectivity index (χ3v) is 4.44. The van der Waals surface area contributed by atoms with Crippen LogP contribution in [0.5, 0.6) is 0 Å². The van der Waals surface area contributed by atoms with E-state index in [1.54, 1.807) is 16.2 Å². The normalized spacial score (nSPS) is 14.4. The van der Waals surface area contributed by atoms with Gasteiger partial charge in [-0.3, -0.25) is 14.5 Å². The summed E-state index contributed by atoms with van der Waals surface area (Å²) >= 11 is 1.74. The second kappa shape index (κ2) is 6.85. The van der Waals surface area contributed by atoms with Gasteiger partial charge in [0.15, 0.2) is 0 Å². The molecule has 0 atom stereocenters. The number of fused-ring (bicyclic) bond motifs is 1. The van der Waals surface area contributed by atoms with Crippen molar-refractivity contribution < 1.29 is 14.7 Å². The van der Waals surface area contributed by atoms with Crippen LogP contribution in [0.4, 0.5) is 0 Å². The smallest absolute Gasteiger partial charge is 0.317 e. The molecule has 0 fully saturated rings. The van der Waals surface area contributed by atoms with Crippen LogP contribution in [0.15, 0.2) is 11.4 Å². The summed E-state index contributed by atoms with van der Waals surface area (Å²) in [4.78, 5) is 28.0. The zero-order valence-electron chi connectivity index (χ0n) is 11.7. The van der Waals surface area contributed by atoms with E-state index in [9.17, 15) is 9.59 Å². The molecule has 0 bridgehead atoms. The summed E-state index contributed by atoms with van der Waals surface area (Å²) in [6.45, 7) is 4.13. The molecule has 0 unspecified atom stereocenters. The van der Waals surface area contributed by atoms with E-state index in [2.05, 4.69) is 11.4 Å². The molecule has 1 aromatic rings. The maximum Gasteiger partial charge on any atom is 0.317 e. The lowest BCUT2D eigenvalue weighted by molar-refractivity contribution is -0.140. The first-order chi connectivity index (χ1) is 9.60. The topological polar surface area (TPSA) is 60.9 Å². The van der Waals surface area contributed by atoms with Crippen molar-refractivity contribution in [3.05, 3.63) is 21.9 Å². The van der Waals surface area contributed by atoms with Gasteiger partial charge >= 0.3 is 5.97 Å². The molecule has 0 spiro atoms. The van der Waals surface area contributed by atoms with Gasteiger partial charge in [-0.25, -0.2) is 0 Å². The maximum absolute atomic E-state index is 12.3. The first-order valence-electron chi connectivity index (χ1n) is 6.87. The van der Waals surface area contributed by atoms with Gasteiger partial charge in [0, 0.05) is 18.0 Å². The Bertz CT molecular complexity index is 487. The van der Waals surface area contributed by atoms with Gasteiger partial charge in [-0.2, -0.15) is 0 Å². The largest absolute Gasteiger partial charge is 0.480 e. The predicted octanol–water partition coefficient (Wildman–Crippen LogP) is 1.43. The summed E-state index contributed by atoms with van der Waals surface area (Å²) in [6.07, 6.45) is 1.75. The van der Waals surface area contributed by atoms with E-state index in [1.165, 1.54) is 10.4 Å². The molecule has 0 saturated carbocycles. The Balaban J connectivity index is 1.92. The Morgan fingerprint density at radius 3 is 2.95 bits per heavy atom. The van der Waals surface area contributed by atoms with Crippen LogP contribution < -0.4 is 0 Å². The van der Waals surface area contributed by atoms with Gasteiger partial charge in [-0.1, -0.05) is 6.92 Å². The molecule has 0 aromatic carbocycles. The summed E-state index contributed by atoms with van der Waals surface area (Å²) in [5, 5.41) is 10.9. The van der Waals surface area contributed by atoms with Crippen molar-refractivity contribution >= 4 is 23.2 Å². The van der Waals surface area contributed by atoms with E-state index in [0.717, 1.165) is 19.4 Å². The Morgan fingerprint density at radius 2 is 2.25 bits per heavy atom. The van der Waals surface area contributed by atoms with Crippen molar-refractivity contribution in [1.82, 2.24) is 9.80 Å². The average molecular weight is 296 g/mol. The fourth-order valence-electron chi connectivity index (χ4n) is 2.47. The number of carboxylic acids is 1. The molecule has 2 heterocycles. The highest BCUT2D eigenvalue weighted by Gasteiger charge is 2.23. The summed E-state index contributed by atoms with van der Waals surface area (Å²) in [5.74, 6) is -0.860. The van der Waals surface area contributed by atoms with Gasteiger partial charge < -0.3 is 10.0 Å². The van der Waals surface area contributed by atoms with Crippen molar-refractivity contribution in [3.63, 3.8) is 0 Å². The molecule has 1 aliphatic rings. The number of amides is 1. The lowest BCUT2D eigenvalue weighted by Gasteiger charge is -2.29. The molecule has 1 amide bonds. The number of rotatable bonds is 6. The van der Waals surface area contributed by atoms with E-state index < -0.39 is 5.97 Å². The highest BCUT2D eigenvalue weighted by molar-refractivity contribution is 7.10. The number of carboxylic acid groups (broad SMARTS) is 1. The third kappa shape index (κ3) is 3.80. The van der Waals surface area contributed by atoms with Crippen LogP contribution in [0.2, 0.25) is 0 Å². The first kappa shape index (κ1) is 15.0. The molecule has 6 heteroatoms. The number of hydrogen-bond acceptors (Lipinski definition) is 4. The van der Waals surface area contributed by atoms with Gasteiger partial charge in [0.25, 0.3) is 0 Å². The minimum atomic E-state index is -0.884. The van der Waals surface area contributed by atoms with Gasteiger partial charge in [0.05, 0.1) is 13.1 Å². The zero-order chi connectivity index (χ0) is 14.5. The van der Waals surface area contributed by atoms with Crippen LogP contribution in [0.3, 0.4) is 0 Å². The number of carbonyl (C=O) groups excluding carboxylic acids is 1. The minimum absolute atomic E-state index is 0.0246. The maximum atomic E-state index is 12.3. The summed E-state index contributed by atoms with van der Waals surface area (Å²) in [5.41, 5.74) is 1.23. The summed E-state index contributed by atoms with van der Waals surface area (Å²) in [6, 6.07) is 2.07. The van der Waals surface area contributed by atoms with E-state index in [1.807, 2.05) is 11.8 Å². The molecule has 1 aromatic heterocycles. The average Bonchev–Trinajstić information content (AvgIpc) is 2.85. The van der Waals surface area contributed by atoms with Crippen LogP contribution in [-0.4, -0.2) is 53.0 Å². The van der Waals surface area contributed by atoms with Gasteiger partial charge in [0.1, 0.15) is 0 Å². The van der Waals surface area contributed by atoms with E-state index >= 15 is 0 Å². The number of carbonyl (C=O) groups is 2. The van der Waals surface area contributed by atoms with Crippen LogP contribution in [0, 0.1) is 0 Å². The van der Waals surface area contributed by atoms with Gasteiger partial charge in [-0.15, -0.1) is 11.3 Å². The summed E-state index contributed by atoms with van der Waals surface area (Å²) in [7, 11) is 0.